The molecule has 0 aliphatic carbocycles. The largest absolute Gasteiger partial charge is 0.459 e. The Balaban J connectivity index is 1.53. The van der Waals surface area contributed by atoms with E-state index in [1.54, 1.807) is 12.4 Å². The highest BCUT2D eigenvalue weighted by atomic mass is 16.5. The molecule has 132 valence electrons. The van der Waals surface area contributed by atoms with E-state index in [-0.39, 0.29) is 6.04 Å². The minimum Gasteiger partial charge on any atom is -0.459 e. The molecule has 0 amide bonds. The molecule has 26 heavy (non-hydrogen) atoms. The van der Waals surface area contributed by atoms with Crippen molar-refractivity contribution in [1.82, 2.24) is 20.0 Å². The Morgan fingerprint density at radius 3 is 2.81 bits per heavy atom. The van der Waals surface area contributed by atoms with E-state index < -0.39 is 0 Å². The lowest BCUT2D eigenvalue weighted by molar-refractivity contribution is 0.168. The van der Waals surface area contributed by atoms with Crippen LogP contribution in [0.5, 0.6) is 0 Å². The summed E-state index contributed by atoms with van der Waals surface area (Å²) in [4.78, 5) is 10.8. The maximum Gasteiger partial charge on any atom is 0.241 e. The zero-order chi connectivity index (χ0) is 17.9. The fraction of sp³-hybridized carbons (Fsp3) is 0.250. The topological polar surface area (TPSA) is 68.2 Å². The van der Waals surface area contributed by atoms with Crippen LogP contribution in [0.15, 0.2) is 63.8 Å². The third-order valence-electron chi connectivity index (χ3n) is 4.54. The maximum atomic E-state index is 6.01. The first-order valence-corrected chi connectivity index (χ1v) is 8.70. The summed E-state index contributed by atoms with van der Waals surface area (Å²) in [5.41, 5.74) is 1.75. The van der Waals surface area contributed by atoms with Gasteiger partial charge in [0, 0.05) is 23.3 Å². The lowest BCUT2D eigenvalue weighted by Crippen LogP contribution is -2.26. The van der Waals surface area contributed by atoms with E-state index >= 15 is 0 Å². The van der Waals surface area contributed by atoms with Crippen LogP contribution in [0.25, 0.3) is 22.4 Å². The summed E-state index contributed by atoms with van der Waals surface area (Å²) in [6.45, 7) is 5.63. The number of rotatable bonds is 6. The Labute approximate surface area is 151 Å². The molecular weight excluding hydrogens is 328 g/mol. The Hall–Kier alpha value is -2.99. The standard InChI is InChI=1S/C20H20N4O2/c1-3-24(14(2)18-11-15-7-4-5-9-17(15)25-18)13-19-22-20(23-26-19)16-8-6-10-21-12-16/h4-12,14H,3,13H2,1-2H3/t14-/m1/s1. The molecular formula is C20H20N4O2. The molecule has 4 aromatic rings. The fourth-order valence-electron chi connectivity index (χ4n) is 3.02. The first-order valence-electron chi connectivity index (χ1n) is 8.70. The average Bonchev–Trinajstić information content (AvgIpc) is 3.33. The minimum absolute atomic E-state index is 0.0983. The van der Waals surface area contributed by atoms with Gasteiger partial charge in [0.15, 0.2) is 0 Å². The second-order valence-corrected chi connectivity index (χ2v) is 6.18. The molecule has 0 fully saturated rings. The van der Waals surface area contributed by atoms with Crippen LogP contribution >= 0.6 is 0 Å². The molecule has 3 aromatic heterocycles. The molecule has 0 saturated carbocycles. The van der Waals surface area contributed by atoms with E-state index in [2.05, 4.69) is 46.0 Å². The number of hydrogen-bond acceptors (Lipinski definition) is 6. The van der Waals surface area contributed by atoms with Crippen molar-refractivity contribution in [2.75, 3.05) is 6.54 Å². The first kappa shape index (κ1) is 16.5. The van der Waals surface area contributed by atoms with Gasteiger partial charge in [-0.15, -0.1) is 0 Å². The number of hydrogen-bond donors (Lipinski definition) is 0. The highest BCUT2D eigenvalue weighted by molar-refractivity contribution is 5.77. The summed E-state index contributed by atoms with van der Waals surface area (Å²) in [6.07, 6.45) is 3.45. The van der Waals surface area contributed by atoms with Crippen LogP contribution in [0.3, 0.4) is 0 Å². The third kappa shape index (κ3) is 3.23. The van der Waals surface area contributed by atoms with Crippen LogP contribution < -0.4 is 0 Å². The van der Waals surface area contributed by atoms with Gasteiger partial charge in [-0.3, -0.25) is 9.88 Å². The monoisotopic (exact) mass is 348 g/mol. The van der Waals surface area contributed by atoms with E-state index in [0.717, 1.165) is 28.8 Å². The molecule has 6 heteroatoms. The van der Waals surface area contributed by atoms with Crippen molar-refractivity contribution < 1.29 is 8.94 Å². The van der Waals surface area contributed by atoms with E-state index in [0.29, 0.717) is 18.3 Å². The predicted molar refractivity (Wildman–Crippen MR) is 98.2 cm³/mol. The van der Waals surface area contributed by atoms with Gasteiger partial charge >= 0.3 is 0 Å². The molecule has 6 nitrogen and oxygen atoms in total. The fourth-order valence-corrected chi connectivity index (χ4v) is 3.02. The molecule has 0 radical (unpaired) electrons. The van der Waals surface area contributed by atoms with Gasteiger partial charge in [0.2, 0.25) is 11.7 Å². The number of furan rings is 1. The molecule has 0 unspecified atom stereocenters. The van der Waals surface area contributed by atoms with E-state index in [4.69, 9.17) is 8.94 Å². The van der Waals surface area contributed by atoms with Gasteiger partial charge in [-0.05, 0) is 37.7 Å². The van der Waals surface area contributed by atoms with Crippen LogP contribution in [0.1, 0.15) is 31.5 Å². The quantitative estimate of drug-likeness (QED) is 0.512. The lowest BCUT2D eigenvalue weighted by Gasteiger charge is -2.24. The van der Waals surface area contributed by atoms with Crippen molar-refractivity contribution in [2.45, 2.75) is 26.4 Å². The van der Waals surface area contributed by atoms with Gasteiger partial charge in [0.1, 0.15) is 11.3 Å². The smallest absolute Gasteiger partial charge is 0.241 e. The molecule has 1 atom stereocenters. The molecule has 0 aliphatic heterocycles. The number of fused-ring (bicyclic) bond motifs is 1. The van der Waals surface area contributed by atoms with E-state index in [9.17, 15) is 0 Å². The van der Waals surface area contributed by atoms with E-state index in [1.807, 2.05) is 30.3 Å². The third-order valence-corrected chi connectivity index (χ3v) is 4.54. The Morgan fingerprint density at radius 1 is 1.15 bits per heavy atom. The second-order valence-electron chi connectivity index (χ2n) is 6.18. The number of pyridine rings is 1. The summed E-state index contributed by atoms with van der Waals surface area (Å²) in [6, 6.07) is 14.0. The van der Waals surface area contributed by atoms with Gasteiger partial charge in [-0.25, -0.2) is 0 Å². The lowest BCUT2D eigenvalue weighted by atomic mass is 10.2. The average molecular weight is 348 g/mol. The van der Waals surface area contributed by atoms with Crippen molar-refractivity contribution >= 4 is 11.0 Å². The molecule has 0 spiro atoms. The van der Waals surface area contributed by atoms with Crippen molar-refractivity contribution in [3.05, 3.63) is 66.5 Å². The van der Waals surface area contributed by atoms with Crippen molar-refractivity contribution in [3.8, 4) is 11.4 Å². The van der Waals surface area contributed by atoms with Crippen molar-refractivity contribution in [1.29, 1.82) is 0 Å². The highest BCUT2D eigenvalue weighted by Crippen LogP contribution is 2.28. The molecule has 4 rings (SSSR count). The van der Waals surface area contributed by atoms with Crippen LogP contribution in [0.2, 0.25) is 0 Å². The Kier molecular flexibility index (Phi) is 4.50. The summed E-state index contributed by atoms with van der Waals surface area (Å²) in [7, 11) is 0. The van der Waals surface area contributed by atoms with Gasteiger partial charge in [-0.2, -0.15) is 4.98 Å². The zero-order valence-electron chi connectivity index (χ0n) is 14.8. The summed E-state index contributed by atoms with van der Waals surface area (Å²) < 4.78 is 11.4. The van der Waals surface area contributed by atoms with Crippen LogP contribution in [-0.2, 0) is 6.54 Å². The molecule has 0 aliphatic rings. The van der Waals surface area contributed by atoms with Crippen LogP contribution in [0, 0.1) is 0 Å². The minimum atomic E-state index is 0.0983. The highest BCUT2D eigenvalue weighted by Gasteiger charge is 2.21. The summed E-state index contributed by atoms with van der Waals surface area (Å²) in [5, 5.41) is 5.18. The van der Waals surface area contributed by atoms with Gasteiger partial charge < -0.3 is 8.94 Å². The molecule has 3 heterocycles. The van der Waals surface area contributed by atoms with Gasteiger partial charge in [0.05, 0.1) is 12.6 Å². The second kappa shape index (κ2) is 7.09. The number of para-hydroxylation sites is 1. The Morgan fingerprint density at radius 2 is 2.04 bits per heavy atom. The normalized spacial score (nSPS) is 12.7. The summed E-state index contributed by atoms with van der Waals surface area (Å²) in [5.74, 6) is 2.06. The van der Waals surface area contributed by atoms with Crippen LogP contribution in [0.4, 0.5) is 0 Å². The first-order chi connectivity index (χ1) is 12.7. The molecule has 0 N–H and O–H groups in total. The summed E-state index contributed by atoms with van der Waals surface area (Å²) >= 11 is 0. The number of benzene rings is 1. The molecule has 0 saturated heterocycles. The SMILES string of the molecule is CCN(Cc1nc(-c2cccnc2)no1)[C@H](C)c1cc2ccccc2o1. The van der Waals surface area contributed by atoms with Crippen LogP contribution in [-0.4, -0.2) is 26.6 Å². The molecule has 0 bridgehead atoms. The van der Waals surface area contributed by atoms with Gasteiger partial charge in [0.25, 0.3) is 0 Å². The van der Waals surface area contributed by atoms with E-state index in [1.165, 1.54) is 0 Å². The van der Waals surface area contributed by atoms with Crippen molar-refractivity contribution in [2.24, 2.45) is 0 Å². The Bertz CT molecular complexity index is 960. The number of aromatic nitrogens is 3. The van der Waals surface area contributed by atoms with Crippen molar-refractivity contribution in [3.63, 3.8) is 0 Å². The molecule has 1 aromatic carbocycles. The maximum absolute atomic E-state index is 6.01. The zero-order valence-corrected chi connectivity index (χ0v) is 14.8. The predicted octanol–water partition coefficient (Wildman–Crippen LogP) is 4.46. The van der Waals surface area contributed by atoms with Gasteiger partial charge in [-0.1, -0.05) is 30.3 Å². The number of nitrogens with zero attached hydrogens (tertiary/aromatic N) is 4.